The molecule has 1 atom stereocenters. The van der Waals surface area contributed by atoms with Gasteiger partial charge in [-0.15, -0.1) is 0 Å². The quantitative estimate of drug-likeness (QED) is 0.852. The van der Waals surface area contributed by atoms with E-state index >= 15 is 0 Å². The maximum atomic E-state index is 12.5. The number of nitrogens with one attached hydrogen (secondary N) is 1. The molecule has 3 rings (SSSR count). The van der Waals surface area contributed by atoms with Gasteiger partial charge in [-0.2, -0.15) is 8.78 Å². The molecule has 2 N–H and O–H groups in total. The highest BCUT2D eigenvalue weighted by Gasteiger charge is 2.25. The van der Waals surface area contributed by atoms with Gasteiger partial charge in [0.25, 0.3) is 5.91 Å². The molecule has 1 saturated carbocycles. The van der Waals surface area contributed by atoms with Crippen LogP contribution in [0.2, 0.25) is 0 Å². The molecule has 5 nitrogen and oxygen atoms in total. The lowest BCUT2D eigenvalue weighted by molar-refractivity contribution is -0.0497. The van der Waals surface area contributed by atoms with E-state index in [2.05, 4.69) is 15.0 Å². The molecule has 0 spiro atoms. The van der Waals surface area contributed by atoms with E-state index in [-0.39, 0.29) is 23.8 Å². The lowest BCUT2D eigenvalue weighted by Crippen LogP contribution is -2.39. The molecule has 2 aromatic rings. The number of nitrogens with zero attached hydrogens (tertiary/aromatic N) is 1. The van der Waals surface area contributed by atoms with Gasteiger partial charge >= 0.3 is 6.61 Å². The number of halogens is 2. The molecule has 1 aliphatic rings. The first-order chi connectivity index (χ1) is 12.4. The molecule has 7 heteroatoms. The summed E-state index contributed by atoms with van der Waals surface area (Å²) in [7, 11) is 0. The Labute approximate surface area is 150 Å². The molecule has 1 aromatic heterocycles. The Morgan fingerprint density at radius 1 is 1.27 bits per heavy atom. The topological polar surface area (TPSA) is 71.5 Å². The Morgan fingerprint density at radius 3 is 2.65 bits per heavy atom. The Hall–Kier alpha value is -2.28. The summed E-state index contributed by atoms with van der Waals surface area (Å²) >= 11 is 0. The van der Waals surface area contributed by atoms with Crippen molar-refractivity contribution in [2.45, 2.75) is 51.4 Å². The molecule has 0 saturated heterocycles. The van der Waals surface area contributed by atoms with E-state index < -0.39 is 6.61 Å². The summed E-state index contributed by atoms with van der Waals surface area (Å²) in [5.74, 6) is 0.134. The van der Waals surface area contributed by atoms with E-state index in [4.69, 9.17) is 0 Å². The van der Waals surface area contributed by atoms with Crippen molar-refractivity contribution in [2.75, 3.05) is 0 Å². The number of aliphatic hydroxyl groups is 1. The fraction of sp³-hybridized carbons (Fsp3) is 0.474. The second-order valence-corrected chi connectivity index (χ2v) is 6.78. The fourth-order valence-corrected chi connectivity index (χ4v) is 3.42. The van der Waals surface area contributed by atoms with Crippen LogP contribution in [-0.4, -0.2) is 34.8 Å². The van der Waals surface area contributed by atoms with Crippen LogP contribution in [0.4, 0.5) is 8.78 Å². The number of rotatable bonds is 5. The van der Waals surface area contributed by atoms with Crippen LogP contribution in [0.3, 0.4) is 0 Å². The van der Waals surface area contributed by atoms with Gasteiger partial charge in [0.15, 0.2) is 0 Å². The molecule has 0 aliphatic heterocycles. The first kappa shape index (κ1) is 18.5. The predicted molar refractivity (Wildman–Crippen MR) is 93.3 cm³/mol. The van der Waals surface area contributed by atoms with E-state index in [1.807, 2.05) is 6.92 Å². The number of carbonyl (C=O) groups is 1. The second-order valence-electron chi connectivity index (χ2n) is 6.78. The first-order valence-corrected chi connectivity index (χ1v) is 8.76. The standard InChI is InChI=1S/C19H22F2N2O3/c1-11(24)12-2-5-15(6-3-12)23-18(25)14-8-13-4-7-16(26-19(20)21)9-17(13)22-10-14/h4,7-12,15,19,24H,2-3,5-6H2,1H3,(H,23,25)/t11-,12?,15?/m0/s1. The van der Waals surface area contributed by atoms with Gasteiger partial charge in [-0.3, -0.25) is 9.78 Å². The van der Waals surface area contributed by atoms with Crippen molar-refractivity contribution in [3.8, 4) is 5.75 Å². The normalized spacial score (nSPS) is 21.6. The average molecular weight is 364 g/mol. The van der Waals surface area contributed by atoms with Gasteiger partial charge in [0.05, 0.1) is 17.2 Å². The number of hydrogen-bond donors (Lipinski definition) is 2. The number of aliphatic hydroxyl groups excluding tert-OH is 1. The fourth-order valence-electron chi connectivity index (χ4n) is 3.42. The number of hydrogen-bond acceptors (Lipinski definition) is 4. The molecule has 0 unspecified atom stereocenters. The minimum atomic E-state index is -2.89. The molecule has 1 heterocycles. The molecule has 1 aliphatic carbocycles. The number of ether oxygens (including phenoxy) is 1. The Kier molecular flexibility index (Phi) is 5.66. The minimum absolute atomic E-state index is 0.0343. The maximum absolute atomic E-state index is 12.5. The van der Waals surface area contributed by atoms with E-state index in [9.17, 15) is 18.7 Å². The molecule has 1 fully saturated rings. The van der Waals surface area contributed by atoms with Crippen molar-refractivity contribution >= 4 is 16.8 Å². The molecule has 0 bridgehead atoms. The molecule has 26 heavy (non-hydrogen) atoms. The van der Waals surface area contributed by atoms with Gasteiger partial charge in [-0.05, 0) is 56.7 Å². The number of alkyl halides is 2. The van der Waals surface area contributed by atoms with Gasteiger partial charge in [0.2, 0.25) is 0 Å². The summed E-state index contributed by atoms with van der Waals surface area (Å²) in [5.41, 5.74) is 0.912. The number of benzene rings is 1. The summed E-state index contributed by atoms with van der Waals surface area (Å²) in [6.45, 7) is -1.08. The van der Waals surface area contributed by atoms with E-state index in [0.29, 0.717) is 22.4 Å². The zero-order valence-corrected chi connectivity index (χ0v) is 14.5. The summed E-state index contributed by atoms with van der Waals surface area (Å²) in [6, 6.07) is 6.22. The van der Waals surface area contributed by atoms with Crippen LogP contribution in [0, 0.1) is 5.92 Å². The zero-order valence-electron chi connectivity index (χ0n) is 14.5. The Balaban J connectivity index is 1.65. The van der Waals surface area contributed by atoms with Crippen LogP contribution in [-0.2, 0) is 0 Å². The zero-order chi connectivity index (χ0) is 18.7. The third-order valence-electron chi connectivity index (χ3n) is 4.93. The van der Waals surface area contributed by atoms with Crippen LogP contribution in [0.5, 0.6) is 5.75 Å². The first-order valence-electron chi connectivity index (χ1n) is 8.76. The van der Waals surface area contributed by atoms with Crippen molar-refractivity contribution in [3.63, 3.8) is 0 Å². The van der Waals surface area contributed by atoms with Gasteiger partial charge in [0.1, 0.15) is 5.75 Å². The third-order valence-corrected chi connectivity index (χ3v) is 4.93. The SMILES string of the molecule is C[C@H](O)C1CCC(NC(=O)c2cnc3cc(OC(F)F)ccc3c2)CC1. The lowest BCUT2D eigenvalue weighted by atomic mass is 9.83. The summed E-state index contributed by atoms with van der Waals surface area (Å²) in [4.78, 5) is 16.6. The van der Waals surface area contributed by atoms with Crippen LogP contribution < -0.4 is 10.1 Å². The highest BCUT2D eigenvalue weighted by atomic mass is 19.3. The monoisotopic (exact) mass is 364 g/mol. The molecule has 1 aromatic carbocycles. The third kappa shape index (κ3) is 4.46. The summed E-state index contributed by atoms with van der Waals surface area (Å²) < 4.78 is 28.9. The minimum Gasteiger partial charge on any atom is -0.435 e. The molecule has 140 valence electrons. The van der Waals surface area contributed by atoms with E-state index in [0.717, 1.165) is 25.7 Å². The predicted octanol–water partition coefficient (Wildman–Crippen LogP) is 3.51. The van der Waals surface area contributed by atoms with Gasteiger partial charge in [-0.1, -0.05) is 0 Å². The van der Waals surface area contributed by atoms with E-state index in [1.165, 1.54) is 18.3 Å². The number of fused-ring (bicyclic) bond motifs is 1. The van der Waals surface area contributed by atoms with Crippen LogP contribution >= 0.6 is 0 Å². The van der Waals surface area contributed by atoms with Crippen LogP contribution in [0.15, 0.2) is 30.5 Å². The second kappa shape index (κ2) is 7.95. The highest BCUT2D eigenvalue weighted by molar-refractivity contribution is 5.97. The average Bonchev–Trinajstić information content (AvgIpc) is 2.61. The number of amides is 1. The van der Waals surface area contributed by atoms with Gasteiger partial charge in [0, 0.05) is 23.7 Å². The van der Waals surface area contributed by atoms with Crippen LogP contribution in [0.25, 0.3) is 10.9 Å². The molecule has 1 amide bonds. The number of carbonyl (C=O) groups excluding carboxylic acids is 1. The largest absolute Gasteiger partial charge is 0.435 e. The number of pyridine rings is 1. The lowest BCUT2D eigenvalue weighted by Gasteiger charge is -2.30. The van der Waals surface area contributed by atoms with Gasteiger partial charge < -0.3 is 15.2 Å². The highest BCUT2D eigenvalue weighted by Crippen LogP contribution is 2.27. The van der Waals surface area contributed by atoms with Crippen molar-refractivity contribution in [3.05, 3.63) is 36.0 Å². The molecular weight excluding hydrogens is 342 g/mol. The van der Waals surface area contributed by atoms with Crippen molar-refractivity contribution in [1.82, 2.24) is 10.3 Å². The molecule has 0 radical (unpaired) electrons. The summed E-state index contributed by atoms with van der Waals surface area (Å²) in [6.07, 6.45) is 4.60. The van der Waals surface area contributed by atoms with Gasteiger partial charge in [-0.25, -0.2) is 0 Å². The number of aromatic nitrogens is 1. The Bertz CT molecular complexity index is 774. The van der Waals surface area contributed by atoms with Crippen molar-refractivity contribution in [2.24, 2.45) is 5.92 Å². The maximum Gasteiger partial charge on any atom is 0.387 e. The smallest absolute Gasteiger partial charge is 0.387 e. The Morgan fingerprint density at radius 2 is 2.00 bits per heavy atom. The van der Waals surface area contributed by atoms with Crippen molar-refractivity contribution < 1.29 is 23.4 Å². The van der Waals surface area contributed by atoms with E-state index in [1.54, 1.807) is 12.1 Å². The summed E-state index contributed by atoms with van der Waals surface area (Å²) in [5, 5.41) is 13.3. The van der Waals surface area contributed by atoms with Crippen LogP contribution in [0.1, 0.15) is 43.0 Å². The van der Waals surface area contributed by atoms with Crippen molar-refractivity contribution in [1.29, 1.82) is 0 Å². The molecular formula is C19H22F2N2O3.